The second kappa shape index (κ2) is 11.5. The molecule has 2 N–H and O–H groups in total. The molecule has 0 saturated carbocycles. The first-order valence-corrected chi connectivity index (χ1v) is 9.98. The van der Waals surface area contributed by atoms with Crippen LogP contribution in [-0.2, 0) is 33.8 Å². The lowest BCUT2D eigenvalue weighted by atomic mass is 10.1. The molecule has 0 aliphatic heterocycles. The molecule has 0 spiro atoms. The van der Waals surface area contributed by atoms with Crippen LogP contribution < -0.4 is 10.9 Å². The predicted molar refractivity (Wildman–Crippen MR) is 113 cm³/mol. The first-order valence-electron chi connectivity index (χ1n) is 9.98. The SMILES string of the molecule is COCCN(Cc1cccc(CCNc2ncc(C)n(CC(=O)O)c2=O)c1)C(=O)C(F)(F)F. The topological polar surface area (TPSA) is 114 Å². The summed E-state index contributed by atoms with van der Waals surface area (Å²) in [5, 5.41) is 11.8. The smallest absolute Gasteiger partial charge is 0.471 e. The molecule has 1 aromatic heterocycles. The number of hydrogen-bond donors (Lipinski definition) is 2. The Morgan fingerprint density at radius 2 is 1.97 bits per heavy atom. The Morgan fingerprint density at radius 1 is 1.27 bits per heavy atom. The van der Waals surface area contributed by atoms with Crippen LogP contribution in [0.2, 0.25) is 0 Å². The van der Waals surface area contributed by atoms with E-state index in [1.807, 2.05) is 0 Å². The van der Waals surface area contributed by atoms with Crippen LogP contribution in [0.1, 0.15) is 16.8 Å². The molecule has 0 radical (unpaired) electrons. The van der Waals surface area contributed by atoms with Gasteiger partial charge in [0.25, 0.3) is 5.56 Å². The number of halogens is 3. The zero-order valence-electron chi connectivity index (χ0n) is 18.2. The second-order valence-corrected chi connectivity index (χ2v) is 7.25. The number of nitrogens with one attached hydrogen (secondary N) is 1. The maximum atomic E-state index is 12.9. The molecule has 0 aliphatic carbocycles. The molecular formula is C21H25F3N4O5. The van der Waals surface area contributed by atoms with E-state index in [9.17, 15) is 27.6 Å². The van der Waals surface area contributed by atoms with Crippen LogP contribution >= 0.6 is 0 Å². The number of methoxy groups -OCH3 is 1. The van der Waals surface area contributed by atoms with Crippen LogP contribution in [0.5, 0.6) is 0 Å². The summed E-state index contributed by atoms with van der Waals surface area (Å²) in [5.74, 6) is -3.09. The minimum atomic E-state index is -4.98. The molecule has 0 fully saturated rings. The van der Waals surface area contributed by atoms with Gasteiger partial charge in [-0.3, -0.25) is 19.0 Å². The van der Waals surface area contributed by atoms with Gasteiger partial charge in [0.05, 0.1) is 6.61 Å². The molecule has 0 aliphatic rings. The minimum absolute atomic E-state index is 0.000445. The third-order valence-electron chi connectivity index (χ3n) is 4.71. The van der Waals surface area contributed by atoms with Crippen LogP contribution in [0.15, 0.2) is 35.3 Å². The number of amides is 1. The normalized spacial score (nSPS) is 11.3. The number of nitrogens with zero attached hydrogens (tertiary/aromatic N) is 3. The molecule has 1 aromatic carbocycles. The number of benzene rings is 1. The molecule has 2 rings (SSSR count). The van der Waals surface area contributed by atoms with E-state index < -0.39 is 30.2 Å². The van der Waals surface area contributed by atoms with Crippen molar-refractivity contribution in [3.05, 3.63) is 57.6 Å². The van der Waals surface area contributed by atoms with Crippen LogP contribution in [-0.4, -0.2) is 64.4 Å². The Hall–Kier alpha value is -3.41. The largest absolute Gasteiger partial charge is 0.480 e. The number of carboxylic acid groups (broad SMARTS) is 1. The van der Waals surface area contributed by atoms with Gasteiger partial charge in [0, 0.05) is 38.6 Å². The summed E-state index contributed by atoms with van der Waals surface area (Å²) in [6.07, 6.45) is -3.18. The first kappa shape index (κ1) is 25.8. The van der Waals surface area contributed by atoms with Crippen molar-refractivity contribution >= 4 is 17.7 Å². The highest BCUT2D eigenvalue weighted by atomic mass is 19.4. The first-order chi connectivity index (χ1) is 15.5. The molecule has 0 unspecified atom stereocenters. The highest BCUT2D eigenvalue weighted by Crippen LogP contribution is 2.20. The van der Waals surface area contributed by atoms with Crippen molar-refractivity contribution < 1.29 is 32.6 Å². The Labute approximate surface area is 187 Å². The highest BCUT2D eigenvalue weighted by Gasteiger charge is 2.42. The minimum Gasteiger partial charge on any atom is -0.480 e. The maximum Gasteiger partial charge on any atom is 0.471 e. The maximum absolute atomic E-state index is 12.9. The van der Waals surface area contributed by atoms with Crippen molar-refractivity contribution in [3.8, 4) is 0 Å². The number of carbonyl (C=O) groups excluding carboxylic acids is 1. The summed E-state index contributed by atoms with van der Waals surface area (Å²) in [6, 6.07) is 6.73. The van der Waals surface area contributed by atoms with Gasteiger partial charge in [-0.05, 0) is 24.5 Å². The van der Waals surface area contributed by atoms with Crippen molar-refractivity contribution in [1.29, 1.82) is 0 Å². The summed E-state index contributed by atoms with van der Waals surface area (Å²) < 4.78 is 44.5. The fourth-order valence-corrected chi connectivity index (χ4v) is 3.09. The van der Waals surface area contributed by atoms with Gasteiger partial charge in [0.1, 0.15) is 6.54 Å². The Kier molecular flexibility index (Phi) is 8.97. The highest BCUT2D eigenvalue weighted by molar-refractivity contribution is 5.81. The van der Waals surface area contributed by atoms with E-state index >= 15 is 0 Å². The second-order valence-electron chi connectivity index (χ2n) is 7.25. The number of ether oxygens (including phenoxy) is 1. The lowest BCUT2D eigenvalue weighted by Crippen LogP contribution is -2.42. The van der Waals surface area contributed by atoms with E-state index in [-0.39, 0.29) is 32.1 Å². The molecule has 2 aromatic rings. The van der Waals surface area contributed by atoms with Gasteiger partial charge in [-0.25, -0.2) is 4.98 Å². The summed E-state index contributed by atoms with van der Waals surface area (Å²) in [4.78, 5) is 39.7. The monoisotopic (exact) mass is 470 g/mol. The van der Waals surface area contributed by atoms with Crippen molar-refractivity contribution in [2.24, 2.45) is 0 Å². The van der Waals surface area contributed by atoms with E-state index in [1.54, 1.807) is 31.2 Å². The number of rotatable bonds is 11. The van der Waals surface area contributed by atoms with E-state index in [0.717, 1.165) is 10.1 Å². The van der Waals surface area contributed by atoms with Gasteiger partial charge in [0.2, 0.25) is 0 Å². The van der Waals surface area contributed by atoms with Gasteiger partial charge in [-0.2, -0.15) is 13.2 Å². The molecule has 33 heavy (non-hydrogen) atoms. The van der Waals surface area contributed by atoms with Crippen molar-refractivity contribution in [3.63, 3.8) is 0 Å². The van der Waals surface area contributed by atoms with Gasteiger partial charge in [0.15, 0.2) is 5.82 Å². The molecule has 1 heterocycles. The van der Waals surface area contributed by atoms with Crippen molar-refractivity contribution in [1.82, 2.24) is 14.5 Å². The van der Waals surface area contributed by atoms with E-state index in [4.69, 9.17) is 9.84 Å². The fraction of sp³-hybridized carbons (Fsp3) is 0.429. The predicted octanol–water partition coefficient (Wildman–Crippen LogP) is 1.83. The number of hydrogen-bond acceptors (Lipinski definition) is 6. The third kappa shape index (κ3) is 7.59. The average molecular weight is 470 g/mol. The Morgan fingerprint density at radius 3 is 2.61 bits per heavy atom. The molecule has 1 amide bonds. The summed E-state index contributed by atoms with van der Waals surface area (Å²) in [7, 11) is 1.34. The van der Waals surface area contributed by atoms with Crippen LogP contribution in [0.3, 0.4) is 0 Å². The van der Waals surface area contributed by atoms with Crippen molar-refractivity contribution in [2.45, 2.75) is 32.6 Å². The molecular weight excluding hydrogens is 445 g/mol. The van der Waals surface area contributed by atoms with Gasteiger partial charge in [-0.15, -0.1) is 0 Å². The summed E-state index contributed by atoms with van der Waals surface area (Å²) in [5.41, 5.74) is 1.13. The van der Waals surface area contributed by atoms with Crippen molar-refractivity contribution in [2.75, 3.05) is 32.1 Å². The van der Waals surface area contributed by atoms with Crippen LogP contribution in [0, 0.1) is 6.92 Å². The number of aromatic nitrogens is 2. The molecule has 180 valence electrons. The van der Waals surface area contributed by atoms with Gasteiger partial charge >= 0.3 is 18.1 Å². The van der Waals surface area contributed by atoms with Crippen LogP contribution in [0.25, 0.3) is 0 Å². The lowest BCUT2D eigenvalue weighted by Gasteiger charge is -2.23. The molecule has 12 heteroatoms. The fourth-order valence-electron chi connectivity index (χ4n) is 3.09. The molecule has 9 nitrogen and oxygen atoms in total. The number of alkyl halides is 3. The standard InChI is InChI=1S/C21H25F3N4O5/c1-14-11-26-18(19(31)28(14)13-17(29)30)25-7-6-15-4-3-5-16(10-15)12-27(8-9-33-2)20(32)21(22,23)24/h3-5,10-11H,6-9,12-13H2,1-2H3,(H,25,26)(H,29,30). The summed E-state index contributed by atoms with van der Waals surface area (Å²) in [6.45, 7) is 0.891. The number of carboxylic acids is 1. The number of anilines is 1. The van der Waals surface area contributed by atoms with E-state index in [2.05, 4.69) is 10.3 Å². The zero-order chi connectivity index (χ0) is 24.6. The van der Waals surface area contributed by atoms with Crippen LogP contribution in [0.4, 0.5) is 19.0 Å². The average Bonchev–Trinajstić information content (AvgIpc) is 2.74. The molecule has 0 saturated heterocycles. The number of aliphatic carboxylic acids is 1. The quantitative estimate of drug-likeness (QED) is 0.515. The zero-order valence-corrected chi connectivity index (χ0v) is 18.2. The molecule has 0 bridgehead atoms. The summed E-state index contributed by atoms with van der Waals surface area (Å²) >= 11 is 0. The van der Waals surface area contributed by atoms with Gasteiger partial charge < -0.3 is 20.1 Å². The van der Waals surface area contributed by atoms with Gasteiger partial charge in [-0.1, -0.05) is 24.3 Å². The lowest BCUT2D eigenvalue weighted by molar-refractivity contribution is -0.186. The molecule has 0 atom stereocenters. The number of carbonyl (C=O) groups is 2. The third-order valence-corrected chi connectivity index (χ3v) is 4.71. The Balaban J connectivity index is 2.06. The number of aryl methyl sites for hydroxylation is 1. The Bertz CT molecular complexity index is 1040. The van der Waals surface area contributed by atoms with E-state index in [1.165, 1.54) is 13.3 Å². The van der Waals surface area contributed by atoms with E-state index in [0.29, 0.717) is 22.6 Å².